The van der Waals surface area contributed by atoms with Gasteiger partial charge < -0.3 is 10.3 Å². The zero-order valence-corrected chi connectivity index (χ0v) is 12.0. The second-order valence-electron chi connectivity index (χ2n) is 5.02. The van der Waals surface area contributed by atoms with Crippen LogP contribution in [0.5, 0.6) is 0 Å². The van der Waals surface area contributed by atoms with Gasteiger partial charge in [0.25, 0.3) is 5.91 Å². The zero-order chi connectivity index (χ0) is 12.9. The van der Waals surface area contributed by atoms with E-state index in [-0.39, 0.29) is 5.91 Å². The molecule has 4 heteroatoms. The van der Waals surface area contributed by atoms with Crippen molar-refractivity contribution < 1.29 is 4.79 Å². The van der Waals surface area contributed by atoms with Crippen molar-refractivity contribution in [2.24, 2.45) is 0 Å². The van der Waals surface area contributed by atoms with Crippen LogP contribution < -0.4 is 5.32 Å². The summed E-state index contributed by atoms with van der Waals surface area (Å²) in [5.41, 5.74) is 3.91. The SMILES string of the molecule is Cc1[nH]c2c(C)cc(Br)cc2c1C(=O)NC1CC1. The van der Waals surface area contributed by atoms with Gasteiger partial charge in [0.2, 0.25) is 0 Å². The van der Waals surface area contributed by atoms with Gasteiger partial charge in [0.1, 0.15) is 0 Å². The van der Waals surface area contributed by atoms with E-state index in [1.165, 1.54) is 0 Å². The smallest absolute Gasteiger partial charge is 0.253 e. The van der Waals surface area contributed by atoms with E-state index >= 15 is 0 Å². The predicted octanol–water partition coefficient (Wildman–Crippen LogP) is 3.44. The molecule has 2 N–H and O–H groups in total. The number of benzene rings is 1. The first-order valence-corrected chi connectivity index (χ1v) is 6.95. The molecular formula is C14H15BrN2O. The number of nitrogens with one attached hydrogen (secondary N) is 2. The number of amides is 1. The number of aromatic amines is 1. The average molecular weight is 307 g/mol. The molecule has 94 valence electrons. The highest BCUT2D eigenvalue weighted by molar-refractivity contribution is 9.10. The Bertz CT molecular complexity index is 641. The monoisotopic (exact) mass is 306 g/mol. The number of carbonyl (C=O) groups excluding carboxylic acids is 1. The molecule has 18 heavy (non-hydrogen) atoms. The average Bonchev–Trinajstić information content (AvgIpc) is 3.01. The van der Waals surface area contributed by atoms with Crippen LogP contribution >= 0.6 is 15.9 Å². The van der Waals surface area contributed by atoms with Crippen LogP contribution in [-0.2, 0) is 0 Å². The van der Waals surface area contributed by atoms with Gasteiger partial charge in [-0.2, -0.15) is 0 Å². The fourth-order valence-corrected chi connectivity index (χ4v) is 2.91. The number of aromatic nitrogens is 1. The Morgan fingerprint density at radius 3 is 2.78 bits per heavy atom. The molecule has 0 atom stereocenters. The van der Waals surface area contributed by atoms with E-state index in [0.29, 0.717) is 6.04 Å². The fraction of sp³-hybridized carbons (Fsp3) is 0.357. The largest absolute Gasteiger partial charge is 0.358 e. The van der Waals surface area contributed by atoms with Crippen molar-refractivity contribution in [3.63, 3.8) is 0 Å². The molecule has 1 amide bonds. The van der Waals surface area contributed by atoms with E-state index in [0.717, 1.165) is 45.0 Å². The molecule has 0 bridgehead atoms. The minimum atomic E-state index is 0.0405. The second-order valence-corrected chi connectivity index (χ2v) is 5.93. The fourth-order valence-electron chi connectivity index (χ4n) is 2.34. The van der Waals surface area contributed by atoms with E-state index in [2.05, 4.69) is 32.3 Å². The molecule has 2 aromatic rings. The Morgan fingerprint density at radius 2 is 2.11 bits per heavy atom. The van der Waals surface area contributed by atoms with Crippen molar-refractivity contribution in [1.29, 1.82) is 0 Å². The molecular weight excluding hydrogens is 292 g/mol. The first-order valence-electron chi connectivity index (χ1n) is 6.15. The maximum atomic E-state index is 12.3. The highest BCUT2D eigenvalue weighted by Crippen LogP contribution is 2.29. The van der Waals surface area contributed by atoms with Crippen LogP contribution in [0.15, 0.2) is 16.6 Å². The number of H-pyrrole nitrogens is 1. The molecule has 0 radical (unpaired) electrons. The standard InChI is InChI=1S/C14H15BrN2O/c1-7-5-9(15)6-11-12(8(2)16-13(7)11)14(18)17-10-3-4-10/h5-6,10,16H,3-4H2,1-2H3,(H,17,18). The second kappa shape index (κ2) is 4.12. The number of fused-ring (bicyclic) bond motifs is 1. The van der Waals surface area contributed by atoms with E-state index in [1.54, 1.807) is 0 Å². The molecule has 0 unspecified atom stereocenters. The van der Waals surface area contributed by atoms with Gasteiger partial charge in [-0.05, 0) is 44.4 Å². The molecule has 1 saturated carbocycles. The maximum absolute atomic E-state index is 12.3. The van der Waals surface area contributed by atoms with Gasteiger partial charge in [0, 0.05) is 27.1 Å². The Labute approximate surface area is 114 Å². The topological polar surface area (TPSA) is 44.9 Å². The zero-order valence-electron chi connectivity index (χ0n) is 10.4. The summed E-state index contributed by atoms with van der Waals surface area (Å²) in [5.74, 6) is 0.0405. The number of carbonyl (C=O) groups is 1. The lowest BCUT2D eigenvalue weighted by molar-refractivity contribution is 0.0952. The third-order valence-corrected chi connectivity index (χ3v) is 3.85. The molecule has 1 aromatic carbocycles. The lowest BCUT2D eigenvalue weighted by Crippen LogP contribution is -2.25. The van der Waals surface area contributed by atoms with Crippen LogP contribution in [-0.4, -0.2) is 16.9 Å². The van der Waals surface area contributed by atoms with Crippen LogP contribution in [0.1, 0.15) is 34.5 Å². The van der Waals surface area contributed by atoms with E-state index in [9.17, 15) is 4.79 Å². The normalized spacial score (nSPS) is 15.1. The first kappa shape index (κ1) is 11.8. The molecule has 0 aliphatic heterocycles. The summed E-state index contributed by atoms with van der Waals surface area (Å²) in [5, 5.41) is 4.05. The molecule has 1 aromatic heterocycles. The van der Waals surface area contributed by atoms with Crippen LogP contribution in [0.4, 0.5) is 0 Å². The molecule has 1 heterocycles. The number of aryl methyl sites for hydroxylation is 2. The Morgan fingerprint density at radius 1 is 1.39 bits per heavy atom. The van der Waals surface area contributed by atoms with Gasteiger partial charge in [-0.15, -0.1) is 0 Å². The lowest BCUT2D eigenvalue weighted by Gasteiger charge is -2.04. The highest BCUT2D eigenvalue weighted by Gasteiger charge is 2.26. The van der Waals surface area contributed by atoms with Crippen molar-refractivity contribution in [2.75, 3.05) is 0 Å². The quantitative estimate of drug-likeness (QED) is 0.877. The summed E-state index contributed by atoms with van der Waals surface area (Å²) in [6, 6.07) is 4.45. The van der Waals surface area contributed by atoms with Gasteiger partial charge >= 0.3 is 0 Å². The van der Waals surface area contributed by atoms with E-state index in [1.807, 2.05) is 19.9 Å². The van der Waals surface area contributed by atoms with Gasteiger partial charge in [0.15, 0.2) is 0 Å². The van der Waals surface area contributed by atoms with Gasteiger partial charge in [-0.25, -0.2) is 0 Å². The van der Waals surface area contributed by atoms with E-state index in [4.69, 9.17) is 0 Å². The molecule has 0 saturated heterocycles. The number of hydrogen-bond donors (Lipinski definition) is 2. The maximum Gasteiger partial charge on any atom is 0.253 e. The highest BCUT2D eigenvalue weighted by atomic mass is 79.9. The Kier molecular flexibility index (Phi) is 2.70. The van der Waals surface area contributed by atoms with Crippen LogP contribution in [0.25, 0.3) is 10.9 Å². The molecule has 3 rings (SSSR count). The van der Waals surface area contributed by atoms with Crippen molar-refractivity contribution in [3.05, 3.63) is 33.4 Å². The number of hydrogen-bond acceptors (Lipinski definition) is 1. The van der Waals surface area contributed by atoms with Crippen molar-refractivity contribution in [2.45, 2.75) is 32.7 Å². The summed E-state index contributed by atoms with van der Waals surface area (Å²) in [6.45, 7) is 4.00. The minimum Gasteiger partial charge on any atom is -0.358 e. The van der Waals surface area contributed by atoms with Crippen LogP contribution in [0, 0.1) is 13.8 Å². The van der Waals surface area contributed by atoms with Crippen molar-refractivity contribution in [3.8, 4) is 0 Å². The van der Waals surface area contributed by atoms with Crippen LogP contribution in [0.2, 0.25) is 0 Å². The number of rotatable bonds is 2. The van der Waals surface area contributed by atoms with Gasteiger partial charge in [-0.3, -0.25) is 4.79 Å². The summed E-state index contributed by atoms with van der Waals surface area (Å²) in [7, 11) is 0. The van der Waals surface area contributed by atoms with E-state index < -0.39 is 0 Å². The number of halogens is 1. The van der Waals surface area contributed by atoms with Crippen LogP contribution in [0.3, 0.4) is 0 Å². The molecule has 1 fully saturated rings. The van der Waals surface area contributed by atoms with Crippen molar-refractivity contribution in [1.82, 2.24) is 10.3 Å². The molecule has 1 aliphatic rings. The predicted molar refractivity (Wildman–Crippen MR) is 76.0 cm³/mol. The summed E-state index contributed by atoms with van der Waals surface area (Å²) in [6.07, 6.45) is 2.21. The summed E-state index contributed by atoms with van der Waals surface area (Å²) in [4.78, 5) is 15.6. The Hall–Kier alpha value is -1.29. The summed E-state index contributed by atoms with van der Waals surface area (Å²) < 4.78 is 1.01. The summed E-state index contributed by atoms with van der Waals surface area (Å²) >= 11 is 3.49. The Balaban J connectivity index is 2.14. The van der Waals surface area contributed by atoms with Gasteiger partial charge in [-0.1, -0.05) is 15.9 Å². The third kappa shape index (κ3) is 1.94. The first-order chi connectivity index (χ1) is 8.56. The minimum absolute atomic E-state index is 0.0405. The molecule has 0 spiro atoms. The molecule has 1 aliphatic carbocycles. The molecule has 3 nitrogen and oxygen atoms in total. The van der Waals surface area contributed by atoms with Gasteiger partial charge in [0.05, 0.1) is 5.56 Å². The van der Waals surface area contributed by atoms with Crippen molar-refractivity contribution >= 4 is 32.7 Å². The third-order valence-electron chi connectivity index (χ3n) is 3.40. The lowest BCUT2D eigenvalue weighted by atomic mass is 10.1.